The second-order valence-corrected chi connectivity index (χ2v) is 18.5. The van der Waals surface area contributed by atoms with Crippen LogP contribution in [-0.4, -0.2) is 14.5 Å². The molecular weight excluding hydrogens is 859 g/mol. The first-order valence-electron chi connectivity index (χ1n) is 24.3. The van der Waals surface area contributed by atoms with Crippen molar-refractivity contribution in [3.05, 3.63) is 261 Å². The monoisotopic (exact) mass is 901 g/mol. The van der Waals surface area contributed by atoms with Crippen LogP contribution in [0, 0.1) is 0 Å². The maximum Gasteiger partial charge on any atom is 0.160 e. The van der Waals surface area contributed by atoms with E-state index in [9.17, 15) is 0 Å². The normalized spacial score (nSPS) is 11.7. The Morgan fingerprint density at radius 3 is 1.38 bits per heavy atom. The number of benzene rings is 12. The lowest BCUT2D eigenvalue weighted by atomic mass is 9.86. The Balaban J connectivity index is 0.793. The summed E-state index contributed by atoms with van der Waals surface area (Å²) in [6, 6.07) is 94.2. The Bertz CT molecular complexity index is 4310. The average Bonchev–Trinajstić information content (AvgIpc) is 3.79. The largest absolute Gasteiger partial charge is 0.309 e. The average molecular weight is 902 g/mol. The van der Waals surface area contributed by atoms with Gasteiger partial charge in [-0.05, 0) is 113 Å². The molecule has 0 spiro atoms. The highest BCUT2D eigenvalue weighted by Crippen LogP contribution is 2.44. The molecule has 0 aliphatic rings. The zero-order valence-corrected chi connectivity index (χ0v) is 38.7. The van der Waals surface area contributed by atoms with Crippen LogP contribution in [0.1, 0.15) is 0 Å². The summed E-state index contributed by atoms with van der Waals surface area (Å²) >= 11 is 0. The Morgan fingerprint density at radius 1 is 0.254 bits per heavy atom. The number of hydrogen-bond acceptors (Lipinski definition) is 2. The van der Waals surface area contributed by atoms with E-state index in [1.54, 1.807) is 0 Å². The van der Waals surface area contributed by atoms with Gasteiger partial charge in [-0.15, -0.1) is 0 Å². The predicted octanol–water partition coefficient (Wildman–Crippen LogP) is 18.2. The topological polar surface area (TPSA) is 30.7 Å². The van der Waals surface area contributed by atoms with Crippen LogP contribution in [0.4, 0.5) is 0 Å². The molecule has 0 bridgehead atoms. The fourth-order valence-corrected chi connectivity index (χ4v) is 11.0. The SMILES string of the molecule is c1ccc(-c2nc(-c3ccc(-c4ccc(-c5ccc(-c6c7ccccc7cc7c6ccc6ccccc67)c6ccccc56)cc4)cc3)cc(-c3ccc(-n4c5ccccc5c5ccccc54)cc3)n2)cc1. The fraction of sp³-hybridized carbons (Fsp3) is 0. The van der Waals surface area contributed by atoms with Gasteiger partial charge in [0.1, 0.15) is 0 Å². The molecule has 0 aliphatic heterocycles. The maximum atomic E-state index is 5.15. The van der Waals surface area contributed by atoms with E-state index in [0.717, 1.165) is 44.9 Å². The van der Waals surface area contributed by atoms with E-state index < -0.39 is 0 Å². The van der Waals surface area contributed by atoms with Crippen LogP contribution in [0.3, 0.4) is 0 Å². The molecule has 0 fully saturated rings. The van der Waals surface area contributed by atoms with E-state index in [1.807, 2.05) is 18.2 Å². The number of fused-ring (bicyclic) bond motifs is 8. The Kier molecular flexibility index (Phi) is 9.53. The summed E-state index contributed by atoms with van der Waals surface area (Å²) in [5.41, 5.74) is 15.5. The number of hydrogen-bond donors (Lipinski definition) is 0. The molecule has 3 heteroatoms. The van der Waals surface area contributed by atoms with E-state index in [1.165, 1.54) is 87.1 Å². The van der Waals surface area contributed by atoms with Gasteiger partial charge < -0.3 is 4.57 Å². The fourth-order valence-electron chi connectivity index (χ4n) is 11.0. The number of para-hydroxylation sites is 2. The van der Waals surface area contributed by atoms with Crippen molar-refractivity contribution in [1.29, 1.82) is 0 Å². The van der Waals surface area contributed by atoms with Crippen LogP contribution in [0.25, 0.3) is 138 Å². The summed E-state index contributed by atoms with van der Waals surface area (Å²) in [6.07, 6.45) is 0. The van der Waals surface area contributed by atoms with Crippen molar-refractivity contribution in [2.45, 2.75) is 0 Å². The lowest BCUT2D eigenvalue weighted by Gasteiger charge is -2.17. The second-order valence-electron chi connectivity index (χ2n) is 18.5. The molecule has 2 aromatic heterocycles. The number of aromatic nitrogens is 3. The van der Waals surface area contributed by atoms with Gasteiger partial charge in [0, 0.05) is 33.2 Å². The molecule has 0 radical (unpaired) electrons. The third-order valence-electron chi connectivity index (χ3n) is 14.4. The van der Waals surface area contributed by atoms with E-state index in [4.69, 9.17) is 9.97 Å². The van der Waals surface area contributed by atoms with Gasteiger partial charge in [-0.3, -0.25) is 0 Å². The van der Waals surface area contributed by atoms with Crippen molar-refractivity contribution in [2.24, 2.45) is 0 Å². The first kappa shape index (κ1) is 40.6. The third-order valence-corrected chi connectivity index (χ3v) is 14.4. The van der Waals surface area contributed by atoms with Gasteiger partial charge in [0.05, 0.1) is 22.4 Å². The molecule has 71 heavy (non-hydrogen) atoms. The van der Waals surface area contributed by atoms with Crippen LogP contribution >= 0.6 is 0 Å². The molecule has 14 aromatic rings. The quantitative estimate of drug-likeness (QED) is 0.118. The highest BCUT2D eigenvalue weighted by molar-refractivity contribution is 6.23. The van der Waals surface area contributed by atoms with E-state index in [-0.39, 0.29) is 0 Å². The summed E-state index contributed by atoms with van der Waals surface area (Å²) < 4.78 is 2.35. The molecule has 0 unspecified atom stereocenters. The van der Waals surface area contributed by atoms with Gasteiger partial charge in [0.25, 0.3) is 0 Å². The highest BCUT2D eigenvalue weighted by atomic mass is 15.0. The molecule has 0 saturated carbocycles. The summed E-state index contributed by atoms with van der Waals surface area (Å²) in [5.74, 6) is 0.698. The molecule has 0 saturated heterocycles. The summed E-state index contributed by atoms with van der Waals surface area (Å²) in [4.78, 5) is 10.3. The van der Waals surface area contributed by atoms with Crippen LogP contribution < -0.4 is 0 Å². The Morgan fingerprint density at radius 2 is 0.732 bits per heavy atom. The number of nitrogens with zero attached hydrogens (tertiary/aromatic N) is 3. The molecule has 14 rings (SSSR count). The van der Waals surface area contributed by atoms with E-state index >= 15 is 0 Å². The lowest BCUT2D eigenvalue weighted by molar-refractivity contribution is 1.17. The minimum Gasteiger partial charge on any atom is -0.309 e. The molecule has 12 aromatic carbocycles. The van der Waals surface area contributed by atoms with E-state index in [2.05, 4.69) is 247 Å². The second kappa shape index (κ2) is 16.7. The Labute approximate surface area is 411 Å². The Hall–Kier alpha value is -9.44. The van der Waals surface area contributed by atoms with Crippen molar-refractivity contribution in [2.75, 3.05) is 0 Å². The molecule has 0 aliphatic carbocycles. The lowest BCUT2D eigenvalue weighted by Crippen LogP contribution is -1.97. The molecule has 330 valence electrons. The van der Waals surface area contributed by atoms with Crippen molar-refractivity contribution in [3.63, 3.8) is 0 Å². The van der Waals surface area contributed by atoms with Gasteiger partial charge in [-0.2, -0.15) is 0 Å². The van der Waals surface area contributed by atoms with E-state index in [0.29, 0.717) is 5.82 Å². The van der Waals surface area contributed by atoms with Crippen molar-refractivity contribution >= 4 is 64.9 Å². The van der Waals surface area contributed by atoms with Gasteiger partial charge in [0.2, 0.25) is 0 Å². The van der Waals surface area contributed by atoms with Crippen molar-refractivity contribution in [1.82, 2.24) is 14.5 Å². The standard InChI is InChI=1S/C68H43N3/c1-2-15-50(16-3-1)68-69-63(43-64(70-68)49-34-37-52(38-35-49)71-65-24-12-10-22-58(65)59-23-11-13-25-66(59)71)48-32-28-45(29-33-48)44-26-30-47(31-27-44)54-40-41-60(57-21-9-8-20-56(54)57)67-55-19-7-5-17-51(55)42-62-53-18-6-4-14-46(53)36-39-61(62)67/h1-43H. The molecule has 3 nitrogen and oxygen atoms in total. The number of rotatable bonds is 7. The zero-order chi connectivity index (χ0) is 46.8. The summed E-state index contributed by atoms with van der Waals surface area (Å²) in [7, 11) is 0. The van der Waals surface area contributed by atoms with Crippen molar-refractivity contribution < 1.29 is 0 Å². The molecule has 0 N–H and O–H groups in total. The molecule has 0 amide bonds. The maximum absolute atomic E-state index is 5.15. The van der Waals surface area contributed by atoms with Gasteiger partial charge in [-0.25, -0.2) is 9.97 Å². The van der Waals surface area contributed by atoms with Crippen LogP contribution in [0.5, 0.6) is 0 Å². The predicted molar refractivity (Wildman–Crippen MR) is 299 cm³/mol. The van der Waals surface area contributed by atoms with Crippen molar-refractivity contribution in [3.8, 4) is 73.0 Å². The summed E-state index contributed by atoms with van der Waals surface area (Å²) in [5, 5.41) is 12.6. The first-order valence-corrected chi connectivity index (χ1v) is 24.3. The third kappa shape index (κ3) is 6.89. The van der Waals surface area contributed by atoms with Gasteiger partial charge >= 0.3 is 0 Å². The van der Waals surface area contributed by atoms with Gasteiger partial charge in [0.15, 0.2) is 5.82 Å². The summed E-state index contributed by atoms with van der Waals surface area (Å²) in [6.45, 7) is 0. The minimum atomic E-state index is 0.698. The molecule has 2 heterocycles. The zero-order valence-electron chi connectivity index (χ0n) is 38.7. The highest BCUT2D eigenvalue weighted by Gasteiger charge is 2.18. The minimum absolute atomic E-state index is 0.698. The van der Waals surface area contributed by atoms with Crippen LogP contribution in [0.15, 0.2) is 261 Å². The van der Waals surface area contributed by atoms with Crippen LogP contribution in [-0.2, 0) is 0 Å². The van der Waals surface area contributed by atoms with Gasteiger partial charge in [-0.1, -0.05) is 224 Å². The smallest absolute Gasteiger partial charge is 0.160 e. The first-order chi connectivity index (χ1) is 35.2. The molecular formula is C68H43N3. The van der Waals surface area contributed by atoms with Crippen LogP contribution in [0.2, 0.25) is 0 Å². The molecule has 0 atom stereocenters.